The van der Waals surface area contributed by atoms with Crippen LogP contribution in [0.4, 0.5) is 5.69 Å². The van der Waals surface area contributed by atoms with Crippen molar-refractivity contribution in [2.45, 2.75) is 13.5 Å². The molecule has 0 atom stereocenters. The van der Waals surface area contributed by atoms with E-state index in [4.69, 9.17) is 5.11 Å². The summed E-state index contributed by atoms with van der Waals surface area (Å²) in [6.07, 6.45) is 0. The first-order chi connectivity index (χ1) is 10.5. The van der Waals surface area contributed by atoms with Gasteiger partial charge in [-0.3, -0.25) is 9.69 Å². The zero-order valence-electron chi connectivity index (χ0n) is 12.2. The Morgan fingerprint density at radius 3 is 2.73 bits per heavy atom. The van der Waals surface area contributed by atoms with E-state index in [-0.39, 0.29) is 18.0 Å². The molecule has 0 saturated carbocycles. The molecule has 0 spiro atoms. The number of aryl methyl sites for hydroxylation is 1. The highest BCUT2D eigenvalue weighted by atomic mass is 32.1. The largest absolute Gasteiger partial charge is 0.478 e. The highest BCUT2D eigenvalue weighted by Crippen LogP contribution is 2.15. The third kappa shape index (κ3) is 4.09. The van der Waals surface area contributed by atoms with Gasteiger partial charge in [0.05, 0.1) is 28.4 Å². The van der Waals surface area contributed by atoms with Gasteiger partial charge in [-0.1, -0.05) is 16.6 Å². The number of amides is 1. The van der Waals surface area contributed by atoms with E-state index < -0.39 is 5.97 Å². The molecule has 0 aliphatic carbocycles. The summed E-state index contributed by atoms with van der Waals surface area (Å²) in [5.41, 5.74) is 1.22. The van der Waals surface area contributed by atoms with Gasteiger partial charge < -0.3 is 10.4 Å². The summed E-state index contributed by atoms with van der Waals surface area (Å²) in [7, 11) is 1.81. The number of carbonyl (C=O) groups is 2. The summed E-state index contributed by atoms with van der Waals surface area (Å²) in [6.45, 7) is 2.58. The topological polar surface area (TPSA) is 95.4 Å². The maximum atomic E-state index is 12.0. The van der Waals surface area contributed by atoms with Crippen molar-refractivity contribution in [3.63, 3.8) is 0 Å². The van der Waals surface area contributed by atoms with E-state index in [0.717, 1.165) is 10.6 Å². The van der Waals surface area contributed by atoms with Gasteiger partial charge >= 0.3 is 5.97 Å². The molecule has 0 fully saturated rings. The second-order valence-electron chi connectivity index (χ2n) is 4.85. The van der Waals surface area contributed by atoms with Gasteiger partial charge in [-0.2, -0.15) is 0 Å². The van der Waals surface area contributed by atoms with Crippen LogP contribution in [0.3, 0.4) is 0 Å². The van der Waals surface area contributed by atoms with E-state index in [1.54, 1.807) is 18.2 Å². The molecule has 2 rings (SSSR count). The van der Waals surface area contributed by atoms with Crippen LogP contribution in [-0.2, 0) is 11.3 Å². The Morgan fingerprint density at radius 1 is 1.36 bits per heavy atom. The van der Waals surface area contributed by atoms with Crippen molar-refractivity contribution in [3.05, 3.63) is 40.4 Å². The number of nitrogens with one attached hydrogen (secondary N) is 1. The molecule has 1 aromatic heterocycles. The van der Waals surface area contributed by atoms with Crippen molar-refractivity contribution in [3.8, 4) is 0 Å². The number of nitrogens with zero attached hydrogens (tertiary/aromatic N) is 3. The fourth-order valence-electron chi connectivity index (χ4n) is 1.91. The average molecular weight is 320 g/mol. The monoisotopic (exact) mass is 320 g/mol. The van der Waals surface area contributed by atoms with Crippen LogP contribution in [0.15, 0.2) is 24.3 Å². The minimum Gasteiger partial charge on any atom is -0.478 e. The number of carboxylic acid groups (broad SMARTS) is 1. The van der Waals surface area contributed by atoms with Gasteiger partial charge in [0.2, 0.25) is 5.91 Å². The number of rotatable bonds is 6. The molecule has 1 aromatic carbocycles. The predicted molar refractivity (Wildman–Crippen MR) is 83.0 cm³/mol. The number of carbonyl (C=O) groups excluding carboxylic acids is 1. The van der Waals surface area contributed by atoms with Crippen LogP contribution in [0.25, 0.3) is 0 Å². The molecule has 0 saturated heterocycles. The number of aromatic carboxylic acids is 1. The maximum Gasteiger partial charge on any atom is 0.337 e. The molecule has 1 heterocycles. The van der Waals surface area contributed by atoms with E-state index in [1.165, 1.54) is 17.6 Å². The molecule has 116 valence electrons. The van der Waals surface area contributed by atoms with E-state index in [1.807, 2.05) is 18.9 Å². The Balaban J connectivity index is 1.96. The molecule has 1 amide bonds. The van der Waals surface area contributed by atoms with Crippen molar-refractivity contribution in [2.75, 3.05) is 18.9 Å². The Kier molecular flexibility index (Phi) is 5.18. The number of benzene rings is 1. The van der Waals surface area contributed by atoms with Gasteiger partial charge in [-0.15, -0.1) is 5.10 Å². The lowest BCUT2D eigenvalue weighted by Gasteiger charge is -2.16. The van der Waals surface area contributed by atoms with Crippen LogP contribution in [0.1, 0.15) is 20.9 Å². The molecule has 8 heteroatoms. The van der Waals surface area contributed by atoms with Crippen LogP contribution >= 0.6 is 11.5 Å². The molecular weight excluding hydrogens is 304 g/mol. The van der Waals surface area contributed by atoms with E-state index in [0.29, 0.717) is 12.2 Å². The first-order valence-corrected chi connectivity index (χ1v) is 7.33. The van der Waals surface area contributed by atoms with Crippen molar-refractivity contribution in [1.82, 2.24) is 14.5 Å². The number of likely N-dealkylation sites (N-methyl/N-ethyl adjacent to an activating group) is 1. The minimum atomic E-state index is -1.07. The van der Waals surface area contributed by atoms with Gasteiger partial charge in [-0.25, -0.2) is 4.79 Å². The summed E-state index contributed by atoms with van der Waals surface area (Å²) >= 11 is 1.30. The SMILES string of the molecule is Cc1nnsc1CN(C)CC(=O)Nc1ccccc1C(=O)O. The van der Waals surface area contributed by atoms with Crippen molar-refractivity contribution in [2.24, 2.45) is 0 Å². The lowest BCUT2D eigenvalue weighted by molar-refractivity contribution is -0.117. The van der Waals surface area contributed by atoms with E-state index in [9.17, 15) is 9.59 Å². The second kappa shape index (κ2) is 7.10. The zero-order chi connectivity index (χ0) is 16.1. The number of para-hydroxylation sites is 1. The van der Waals surface area contributed by atoms with Gasteiger partial charge in [-0.05, 0) is 37.6 Å². The highest BCUT2D eigenvalue weighted by Gasteiger charge is 2.14. The summed E-state index contributed by atoms with van der Waals surface area (Å²) in [5.74, 6) is -1.35. The number of hydrogen-bond acceptors (Lipinski definition) is 6. The van der Waals surface area contributed by atoms with Crippen LogP contribution in [-0.4, -0.2) is 45.1 Å². The highest BCUT2D eigenvalue weighted by molar-refractivity contribution is 7.05. The van der Waals surface area contributed by atoms with Crippen LogP contribution in [0, 0.1) is 6.92 Å². The van der Waals surface area contributed by atoms with Crippen molar-refractivity contribution in [1.29, 1.82) is 0 Å². The Morgan fingerprint density at radius 2 is 2.09 bits per heavy atom. The van der Waals surface area contributed by atoms with E-state index >= 15 is 0 Å². The fraction of sp³-hybridized carbons (Fsp3) is 0.286. The Bertz CT molecular complexity index is 686. The zero-order valence-corrected chi connectivity index (χ0v) is 13.1. The number of carboxylic acids is 1. The standard InChI is InChI=1S/C14H16N4O3S/c1-9-12(22-17-16-9)7-18(2)8-13(19)15-11-6-4-3-5-10(11)14(20)21/h3-6H,7-8H2,1-2H3,(H,15,19)(H,20,21). The molecule has 22 heavy (non-hydrogen) atoms. The molecule has 0 bridgehead atoms. The van der Waals surface area contributed by atoms with E-state index in [2.05, 4.69) is 14.9 Å². The quantitative estimate of drug-likeness (QED) is 0.839. The third-order valence-corrected chi connectivity index (χ3v) is 3.81. The fourth-order valence-corrected chi connectivity index (χ4v) is 2.62. The first-order valence-electron chi connectivity index (χ1n) is 6.56. The molecule has 0 radical (unpaired) electrons. The Labute approximate surface area is 131 Å². The lowest BCUT2D eigenvalue weighted by Crippen LogP contribution is -2.30. The number of hydrogen-bond donors (Lipinski definition) is 2. The van der Waals surface area contributed by atoms with Gasteiger partial charge in [0.25, 0.3) is 0 Å². The molecule has 0 aliphatic rings. The lowest BCUT2D eigenvalue weighted by atomic mass is 10.2. The van der Waals surface area contributed by atoms with Gasteiger partial charge in [0.15, 0.2) is 0 Å². The summed E-state index contributed by atoms with van der Waals surface area (Å²) in [6, 6.07) is 6.32. The normalized spacial score (nSPS) is 10.7. The van der Waals surface area contributed by atoms with Crippen LogP contribution < -0.4 is 5.32 Å². The van der Waals surface area contributed by atoms with Crippen molar-refractivity contribution < 1.29 is 14.7 Å². The van der Waals surface area contributed by atoms with Gasteiger partial charge in [0.1, 0.15) is 0 Å². The van der Waals surface area contributed by atoms with Crippen LogP contribution in [0.5, 0.6) is 0 Å². The number of aromatic nitrogens is 2. The summed E-state index contributed by atoms with van der Waals surface area (Å²) < 4.78 is 3.85. The summed E-state index contributed by atoms with van der Waals surface area (Å²) in [4.78, 5) is 26.0. The van der Waals surface area contributed by atoms with Crippen LogP contribution in [0.2, 0.25) is 0 Å². The van der Waals surface area contributed by atoms with Crippen molar-refractivity contribution >= 4 is 29.1 Å². The molecular formula is C14H16N4O3S. The molecule has 0 unspecified atom stereocenters. The first kappa shape index (κ1) is 16.1. The minimum absolute atomic E-state index is 0.0704. The molecule has 2 aromatic rings. The Hall–Kier alpha value is -2.32. The molecule has 0 aliphatic heterocycles. The number of anilines is 1. The third-order valence-electron chi connectivity index (χ3n) is 3.00. The smallest absolute Gasteiger partial charge is 0.337 e. The predicted octanol–water partition coefficient (Wildman–Crippen LogP) is 1.62. The molecule has 2 N–H and O–H groups in total. The second-order valence-corrected chi connectivity index (χ2v) is 5.69. The average Bonchev–Trinajstić information content (AvgIpc) is 2.84. The van der Waals surface area contributed by atoms with Gasteiger partial charge in [0, 0.05) is 6.54 Å². The maximum absolute atomic E-state index is 12.0. The molecule has 7 nitrogen and oxygen atoms in total. The summed E-state index contributed by atoms with van der Waals surface area (Å²) in [5, 5.41) is 15.6.